The van der Waals surface area contributed by atoms with E-state index in [2.05, 4.69) is 5.32 Å². The van der Waals surface area contributed by atoms with Crippen molar-refractivity contribution in [2.75, 3.05) is 5.75 Å². The number of amides is 1. The van der Waals surface area contributed by atoms with Crippen molar-refractivity contribution in [2.24, 2.45) is 0 Å². The lowest BCUT2D eigenvalue weighted by atomic mass is 10.0. The van der Waals surface area contributed by atoms with Crippen LogP contribution in [-0.2, 0) is 11.3 Å². The van der Waals surface area contributed by atoms with E-state index in [9.17, 15) is 9.59 Å². The zero-order valence-electron chi connectivity index (χ0n) is 16.1. The highest BCUT2D eigenvalue weighted by atomic mass is 35.5. The van der Waals surface area contributed by atoms with E-state index in [1.165, 1.54) is 0 Å². The van der Waals surface area contributed by atoms with E-state index >= 15 is 0 Å². The minimum atomic E-state index is -0.0863. The fraction of sp³-hybridized carbons (Fsp3) is 0.167. The van der Waals surface area contributed by atoms with Gasteiger partial charge in [0.25, 0.3) is 0 Å². The summed E-state index contributed by atoms with van der Waals surface area (Å²) in [4.78, 5) is 27.1. The number of rotatable bonds is 3. The second-order valence-corrected chi connectivity index (χ2v) is 8.96. The lowest BCUT2D eigenvalue weighted by Gasteiger charge is -2.26. The van der Waals surface area contributed by atoms with Gasteiger partial charge in [0.15, 0.2) is 5.43 Å². The first kappa shape index (κ1) is 19.2. The van der Waals surface area contributed by atoms with Gasteiger partial charge in [-0.3, -0.25) is 9.59 Å². The molecule has 0 fully saturated rings. The molecule has 0 radical (unpaired) electrons. The van der Waals surface area contributed by atoms with Gasteiger partial charge in [-0.2, -0.15) is 0 Å². The molecule has 1 unspecified atom stereocenters. The van der Waals surface area contributed by atoms with Crippen molar-refractivity contribution in [3.63, 3.8) is 0 Å². The summed E-state index contributed by atoms with van der Waals surface area (Å²) in [5, 5.41) is 5.10. The van der Waals surface area contributed by atoms with Gasteiger partial charge in [0.1, 0.15) is 6.54 Å². The SMILES string of the molecule is O=C(Cn1c2ccccc2c(=O)c2ccccc21)NC1CCSc2ccc(Cl)cc21. The first-order chi connectivity index (χ1) is 14.6. The maximum Gasteiger partial charge on any atom is 0.240 e. The number of benzene rings is 3. The number of carbonyl (C=O) groups is 1. The maximum absolute atomic E-state index is 13.1. The Morgan fingerprint density at radius 2 is 1.70 bits per heavy atom. The average molecular weight is 435 g/mol. The Morgan fingerprint density at radius 1 is 1.03 bits per heavy atom. The second kappa shape index (κ2) is 7.82. The normalized spacial score (nSPS) is 15.8. The molecule has 0 spiro atoms. The fourth-order valence-electron chi connectivity index (χ4n) is 4.15. The molecule has 4 nitrogen and oxygen atoms in total. The molecular weight excluding hydrogens is 416 g/mol. The number of para-hydroxylation sites is 2. The van der Waals surface area contributed by atoms with Gasteiger partial charge in [-0.05, 0) is 54.4 Å². The van der Waals surface area contributed by atoms with Crippen molar-refractivity contribution in [1.29, 1.82) is 0 Å². The molecule has 3 aromatic carbocycles. The number of thioether (sulfide) groups is 1. The summed E-state index contributed by atoms with van der Waals surface area (Å²) in [6.45, 7) is 0.140. The lowest BCUT2D eigenvalue weighted by molar-refractivity contribution is -0.122. The number of carbonyl (C=O) groups excluding carboxylic acids is 1. The fourth-order valence-corrected chi connectivity index (χ4v) is 5.43. The molecule has 0 aliphatic carbocycles. The number of halogens is 1. The van der Waals surface area contributed by atoms with Crippen LogP contribution in [0.3, 0.4) is 0 Å². The molecule has 1 aromatic heterocycles. The van der Waals surface area contributed by atoms with Crippen LogP contribution >= 0.6 is 23.4 Å². The Labute approximate surface area is 182 Å². The first-order valence-electron chi connectivity index (χ1n) is 9.84. The highest BCUT2D eigenvalue weighted by Crippen LogP contribution is 2.37. The van der Waals surface area contributed by atoms with Crippen LogP contribution in [0.15, 0.2) is 76.4 Å². The third kappa shape index (κ3) is 3.38. The highest BCUT2D eigenvalue weighted by Gasteiger charge is 2.23. The standard InChI is InChI=1S/C24H19ClN2O2S/c25-15-9-10-22-18(13-15)19(11-12-30-22)26-23(28)14-27-20-7-3-1-5-16(20)24(29)17-6-2-4-8-21(17)27/h1-10,13,19H,11-12,14H2,(H,26,28). The Morgan fingerprint density at radius 3 is 2.40 bits per heavy atom. The molecule has 4 aromatic rings. The Kier molecular flexibility index (Phi) is 5.01. The summed E-state index contributed by atoms with van der Waals surface area (Å²) < 4.78 is 1.93. The van der Waals surface area contributed by atoms with Crippen LogP contribution in [0.25, 0.3) is 21.8 Å². The van der Waals surface area contributed by atoms with Gasteiger partial charge in [0, 0.05) is 26.4 Å². The molecule has 1 N–H and O–H groups in total. The van der Waals surface area contributed by atoms with Crippen LogP contribution in [0.5, 0.6) is 0 Å². The average Bonchev–Trinajstić information content (AvgIpc) is 2.77. The predicted octanol–water partition coefficient (Wildman–Crippen LogP) is 5.16. The Balaban J connectivity index is 1.52. The van der Waals surface area contributed by atoms with E-state index in [-0.39, 0.29) is 23.9 Å². The van der Waals surface area contributed by atoms with Gasteiger partial charge in [-0.25, -0.2) is 0 Å². The van der Waals surface area contributed by atoms with Crippen molar-refractivity contribution in [2.45, 2.75) is 23.9 Å². The van der Waals surface area contributed by atoms with Gasteiger partial charge >= 0.3 is 0 Å². The molecule has 2 heterocycles. The summed E-state index contributed by atoms with van der Waals surface area (Å²) in [5.41, 5.74) is 2.59. The molecule has 1 amide bonds. The molecule has 1 aliphatic rings. The van der Waals surface area contributed by atoms with E-state index in [4.69, 9.17) is 11.6 Å². The van der Waals surface area contributed by atoms with E-state index in [0.717, 1.165) is 33.7 Å². The van der Waals surface area contributed by atoms with Crippen LogP contribution in [0.2, 0.25) is 5.02 Å². The smallest absolute Gasteiger partial charge is 0.240 e. The Bertz CT molecular complexity index is 1290. The van der Waals surface area contributed by atoms with E-state index in [0.29, 0.717) is 15.8 Å². The third-order valence-corrected chi connectivity index (χ3v) is 6.88. The van der Waals surface area contributed by atoms with E-state index in [1.807, 2.05) is 71.3 Å². The minimum Gasteiger partial charge on any atom is -0.348 e. The van der Waals surface area contributed by atoms with Gasteiger partial charge in [0.05, 0.1) is 17.1 Å². The van der Waals surface area contributed by atoms with Crippen molar-refractivity contribution in [3.8, 4) is 0 Å². The largest absolute Gasteiger partial charge is 0.348 e. The molecule has 6 heteroatoms. The number of hydrogen-bond donors (Lipinski definition) is 1. The topological polar surface area (TPSA) is 51.1 Å². The molecule has 0 saturated carbocycles. The van der Waals surface area contributed by atoms with Gasteiger partial charge < -0.3 is 9.88 Å². The third-order valence-electron chi connectivity index (χ3n) is 5.53. The number of aromatic nitrogens is 1. The molecule has 0 bridgehead atoms. The van der Waals surface area contributed by atoms with Crippen molar-refractivity contribution >= 4 is 51.1 Å². The van der Waals surface area contributed by atoms with Crippen LogP contribution in [-0.4, -0.2) is 16.2 Å². The predicted molar refractivity (Wildman–Crippen MR) is 123 cm³/mol. The van der Waals surface area contributed by atoms with Crippen molar-refractivity contribution in [3.05, 3.63) is 87.5 Å². The van der Waals surface area contributed by atoms with Crippen LogP contribution in [0.1, 0.15) is 18.0 Å². The summed E-state index contributed by atoms with van der Waals surface area (Å²) >= 11 is 7.99. The number of fused-ring (bicyclic) bond motifs is 3. The summed E-state index contributed by atoms with van der Waals surface area (Å²) in [5.74, 6) is 0.862. The second-order valence-electron chi connectivity index (χ2n) is 7.39. The van der Waals surface area contributed by atoms with Crippen LogP contribution < -0.4 is 10.7 Å². The number of nitrogens with zero attached hydrogens (tertiary/aromatic N) is 1. The summed E-state index contributed by atoms with van der Waals surface area (Å²) in [6.07, 6.45) is 0.857. The maximum atomic E-state index is 13.1. The lowest BCUT2D eigenvalue weighted by Crippen LogP contribution is -2.33. The molecule has 1 aliphatic heterocycles. The van der Waals surface area contributed by atoms with E-state index in [1.54, 1.807) is 11.8 Å². The molecular formula is C24H19ClN2O2S. The van der Waals surface area contributed by atoms with Crippen molar-refractivity contribution < 1.29 is 4.79 Å². The highest BCUT2D eigenvalue weighted by molar-refractivity contribution is 7.99. The number of hydrogen-bond acceptors (Lipinski definition) is 3. The molecule has 150 valence electrons. The first-order valence-corrected chi connectivity index (χ1v) is 11.2. The van der Waals surface area contributed by atoms with Gasteiger partial charge in [-0.1, -0.05) is 35.9 Å². The summed E-state index contributed by atoms with van der Waals surface area (Å²) in [7, 11) is 0. The number of pyridine rings is 1. The van der Waals surface area contributed by atoms with Gasteiger partial charge in [0.2, 0.25) is 5.91 Å². The molecule has 0 saturated heterocycles. The molecule has 1 atom stereocenters. The van der Waals surface area contributed by atoms with Crippen molar-refractivity contribution in [1.82, 2.24) is 9.88 Å². The molecule has 5 rings (SSSR count). The van der Waals surface area contributed by atoms with Gasteiger partial charge in [-0.15, -0.1) is 11.8 Å². The van der Waals surface area contributed by atoms with Crippen LogP contribution in [0.4, 0.5) is 0 Å². The quantitative estimate of drug-likeness (QED) is 0.453. The zero-order valence-corrected chi connectivity index (χ0v) is 17.7. The monoisotopic (exact) mass is 434 g/mol. The zero-order chi connectivity index (χ0) is 20.7. The van der Waals surface area contributed by atoms with Crippen LogP contribution in [0, 0.1) is 0 Å². The van der Waals surface area contributed by atoms with E-state index < -0.39 is 0 Å². The number of nitrogens with one attached hydrogen (secondary N) is 1. The summed E-state index contributed by atoms with van der Waals surface area (Å²) in [6, 6.07) is 20.7. The minimum absolute atomic E-state index is 0.00858. The Hall–Kier alpha value is -2.76. The molecule has 30 heavy (non-hydrogen) atoms.